The number of fused-ring (bicyclic) bond motifs is 1. The number of hydrogen-bond acceptors (Lipinski definition) is 1. The Morgan fingerprint density at radius 3 is 2.72 bits per heavy atom. The Kier molecular flexibility index (Phi) is 2.98. The molecule has 1 fully saturated rings. The molecule has 0 N–H and O–H groups in total. The van der Waals surface area contributed by atoms with Gasteiger partial charge < -0.3 is 0 Å². The molecule has 1 aliphatic rings. The lowest BCUT2D eigenvalue weighted by Crippen LogP contribution is -1.99. The van der Waals surface area contributed by atoms with Crippen LogP contribution in [0.1, 0.15) is 42.9 Å². The third-order valence-corrected chi connectivity index (χ3v) is 4.15. The summed E-state index contributed by atoms with van der Waals surface area (Å²) in [7, 11) is 0. The predicted octanol–water partition coefficient (Wildman–Crippen LogP) is 4.99. The Labute approximate surface area is 111 Å². The van der Waals surface area contributed by atoms with Crippen LogP contribution in [0.25, 0.3) is 10.9 Å². The zero-order chi connectivity index (χ0) is 12.7. The van der Waals surface area contributed by atoms with Gasteiger partial charge in [-0.05, 0) is 37.5 Å². The number of pyridine rings is 1. The van der Waals surface area contributed by atoms with Crippen LogP contribution in [0.5, 0.6) is 0 Å². The molecule has 1 nitrogen and oxygen atoms in total. The Hall–Kier alpha value is -1.15. The van der Waals surface area contributed by atoms with E-state index in [1.165, 1.54) is 31.7 Å². The Bertz CT molecular complexity index is 603. The molecule has 1 saturated carbocycles. The lowest BCUT2D eigenvalue weighted by Gasteiger charge is -2.12. The van der Waals surface area contributed by atoms with Crippen molar-refractivity contribution in [2.75, 3.05) is 0 Å². The molecule has 0 atom stereocenters. The van der Waals surface area contributed by atoms with Gasteiger partial charge in [0, 0.05) is 11.6 Å². The molecule has 94 valence electrons. The van der Waals surface area contributed by atoms with Crippen molar-refractivity contribution in [3.63, 3.8) is 0 Å². The first-order valence-corrected chi connectivity index (χ1v) is 6.80. The standard InChI is InChI=1S/C15H15ClFN/c1-9-6-7-12(17)14-11(16)8-13(18-15(9)14)10-4-2-3-5-10/h6-8,10H,2-5H2,1H3. The SMILES string of the molecule is Cc1ccc(F)c2c(Cl)cc(C3CCCC3)nc12. The minimum Gasteiger partial charge on any atom is -0.252 e. The average Bonchev–Trinajstić information content (AvgIpc) is 2.87. The van der Waals surface area contributed by atoms with Crippen molar-refractivity contribution in [3.8, 4) is 0 Å². The summed E-state index contributed by atoms with van der Waals surface area (Å²) in [4.78, 5) is 4.65. The highest BCUT2D eigenvalue weighted by atomic mass is 35.5. The maximum absolute atomic E-state index is 13.8. The van der Waals surface area contributed by atoms with Crippen molar-refractivity contribution in [3.05, 3.63) is 40.3 Å². The van der Waals surface area contributed by atoms with E-state index in [9.17, 15) is 4.39 Å². The number of hydrogen-bond donors (Lipinski definition) is 0. The molecule has 1 heterocycles. The molecule has 3 heteroatoms. The van der Waals surface area contributed by atoms with Crippen molar-refractivity contribution >= 4 is 22.5 Å². The van der Waals surface area contributed by atoms with Crippen LogP contribution in [0.15, 0.2) is 18.2 Å². The van der Waals surface area contributed by atoms with E-state index in [1.807, 2.05) is 13.0 Å². The molecule has 0 spiro atoms. The highest BCUT2D eigenvalue weighted by molar-refractivity contribution is 6.35. The van der Waals surface area contributed by atoms with Crippen LogP contribution in [-0.2, 0) is 0 Å². The highest BCUT2D eigenvalue weighted by Gasteiger charge is 2.20. The van der Waals surface area contributed by atoms with Gasteiger partial charge in [-0.1, -0.05) is 30.5 Å². The Morgan fingerprint density at radius 1 is 1.28 bits per heavy atom. The summed E-state index contributed by atoms with van der Waals surface area (Å²) < 4.78 is 13.8. The van der Waals surface area contributed by atoms with Crippen molar-refractivity contribution in [1.82, 2.24) is 4.98 Å². The molecule has 1 aliphatic carbocycles. The molecular formula is C15H15ClFN. The molecule has 1 aromatic heterocycles. The van der Waals surface area contributed by atoms with Crippen LogP contribution in [-0.4, -0.2) is 4.98 Å². The third-order valence-electron chi connectivity index (χ3n) is 3.86. The number of rotatable bonds is 1. The van der Waals surface area contributed by atoms with Crippen molar-refractivity contribution in [1.29, 1.82) is 0 Å². The van der Waals surface area contributed by atoms with E-state index in [-0.39, 0.29) is 5.82 Å². The fraction of sp³-hybridized carbons (Fsp3) is 0.400. The number of aromatic nitrogens is 1. The molecule has 0 saturated heterocycles. The van der Waals surface area contributed by atoms with Gasteiger partial charge in [0.25, 0.3) is 0 Å². The smallest absolute Gasteiger partial charge is 0.134 e. The van der Waals surface area contributed by atoms with Gasteiger partial charge in [0.2, 0.25) is 0 Å². The van der Waals surface area contributed by atoms with Gasteiger partial charge in [-0.2, -0.15) is 0 Å². The molecule has 0 aliphatic heterocycles. The van der Waals surface area contributed by atoms with Gasteiger partial charge in [0.1, 0.15) is 5.82 Å². The second-order valence-electron chi connectivity index (χ2n) is 5.10. The van der Waals surface area contributed by atoms with Crippen LogP contribution < -0.4 is 0 Å². The van der Waals surface area contributed by atoms with Gasteiger partial charge >= 0.3 is 0 Å². The van der Waals surface area contributed by atoms with Gasteiger partial charge in [-0.15, -0.1) is 0 Å². The summed E-state index contributed by atoms with van der Waals surface area (Å²) in [5.41, 5.74) is 2.72. The fourth-order valence-corrected chi connectivity index (χ4v) is 3.13. The zero-order valence-electron chi connectivity index (χ0n) is 10.3. The van der Waals surface area contributed by atoms with Crippen LogP contribution in [0, 0.1) is 12.7 Å². The summed E-state index contributed by atoms with van der Waals surface area (Å²) in [6, 6.07) is 5.07. The quantitative estimate of drug-likeness (QED) is 0.706. The first-order valence-electron chi connectivity index (χ1n) is 6.42. The van der Waals surface area contributed by atoms with Crippen molar-refractivity contribution in [2.24, 2.45) is 0 Å². The normalized spacial score (nSPS) is 16.6. The molecule has 1 aromatic carbocycles. The minimum absolute atomic E-state index is 0.286. The van der Waals surface area contributed by atoms with Gasteiger partial charge in [-0.25, -0.2) is 4.39 Å². The van der Waals surface area contributed by atoms with E-state index in [2.05, 4.69) is 4.98 Å². The largest absolute Gasteiger partial charge is 0.252 e. The second-order valence-corrected chi connectivity index (χ2v) is 5.51. The Balaban J connectivity index is 2.23. The van der Waals surface area contributed by atoms with E-state index in [1.54, 1.807) is 6.07 Å². The summed E-state index contributed by atoms with van der Waals surface area (Å²) in [5.74, 6) is 0.209. The number of benzene rings is 1. The van der Waals surface area contributed by atoms with Gasteiger partial charge in [-0.3, -0.25) is 4.98 Å². The van der Waals surface area contributed by atoms with E-state index in [0.29, 0.717) is 21.8 Å². The first kappa shape index (κ1) is 11.9. The van der Waals surface area contributed by atoms with Crippen LogP contribution >= 0.6 is 11.6 Å². The summed E-state index contributed by atoms with van der Waals surface area (Å²) >= 11 is 6.24. The summed E-state index contributed by atoms with van der Waals surface area (Å²) in [5, 5.41) is 0.946. The van der Waals surface area contributed by atoms with Crippen LogP contribution in [0.2, 0.25) is 5.02 Å². The minimum atomic E-state index is -0.286. The van der Waals surface area contributed by atoms with Crippen LogP contribution in [0.4, 0.5) is 4.39 Å². The lowest BCUT2D eigenvalue weighted by atomic mass is 10.0. The lowest BCUT2D eigenvalue weighted by molar-refractivity contribution is 0.638. The van der Waals surface area contributed by atoms with E-state index < -0.39 is 0 Å². The molecule has 2 aromatic rings. The van der Waals surface area contributed by atoms with Crippen molar-refractivity contribution < 1.29 is 4.39 Å². The number of aryl methyl sites for hydroxylation is 1. The average molecular weight is 264 g/mol. The molecule has 0 unspecified atom stereocenters. The van der Waals surface area contributed by atoms with Gasteiger partial charge in [0.15, 0.2) is 0 Å². The maximum atomic E-state index is 13.8. The predicted molar refractivity (Wildman–Crippen MR) is 72.7 cm³/mol. The first-order chi connectivity index (χ1) is 8.66. The fourth-order valence-electron chi connectivity index (χ4n) is 2.84. The molecule has 0 bridgehead atoms. The van der Waals surface area contributed by atoms with Crippen LogP contribution in [0.3, 0.4) is 0 Å². The van der Waals surface area contributed by atoms with Crippen molar-refractivity contribution in [2.45, 2.75) is 38.5 Å². The molecule has 0 radical (unpaired) electrons. The van der Waals surface area contributed by atoms with E-state index in [4.69, 9.17) is 11.6 Å². The summed E-state index contributed by atoms with van der Waals surface area (Å²) in [6.07, 6.45) is 4.85. The van der Waals surface area contributed by atoms with E-state index in [0.717, 1.165) is 11.3 Å². The zero-order valence-corrected chi connectivity index (χ0v) is 11.1. The monoisotopic (exact) mass is 263 g/mol. The maximum Gasteiger partial charge on any atom is 0.134 e. The Morgan fingerprint density at radius 2 is 2.00 bits per heavy atom. The second kappa shape index (κ2) is 4.51. The van der Waals surface area contributed by atoms with Gasteiger partial charge in [0.05, 0.1) is 15.9 Å². The molecular weight excluding hydrogens is 249 g/mol. The summed E-state index contributed by atoms with van der Waals surface area (Å²) in [6.45, 7) is 1.95. The molecule has 18 heavy (non-hydrogen) atoms. The molecule has 0 amide bonds. The number of nitrogens with zero attached hydrogens (tertiary/aromatic N) is 1. The van der Waals surface area contributed by atoms with E-state index >= 15 is 0 Å². The third kappa shape index (κ3) is 1.89. The molecule has 3 rings (SSSR count). The number of halogens is 2. The highest BCUT2D eigenvalue weighted by Crippen LogP contribution is 2.36. The topological polar surface area (TPSA) is 12.9 Å².